The minimum atomic E-state index is -2.61. The van der Waals surface area contributed by atoms with Gasteiger partial charge in [-0.15, -0.1) is 11.3 Å². The van der Waals surface area contributed by atoms with Crippen LogP contribution in [0.25, 0.3) is 10.1 Å². The van der Waals surface area contributed by atoms with Gasteiger partial charge in [0.05, 0.1) is 0 Å². The van der Waals surface area contributed by atoms with Crippen molar-refractivity contribution in [2.24, 2.45) is 0 Å². The summed E-state index contributed by atoms with van der Waals surface area (Å²) in [7, 11) is 0. The van der Waals surface area contributed by atoms with Crippen LogP contribution in [0.15, 0.2) is 17.5 Å². The van der Waals surface area contributed by atoms with E-state index < -0.39 is 12.2 Å². The molecule has 0 N–H and O–H groups in total. The highest BCUT2D eigenvalue weighted by Gasteiger charge is 2.17. The first-order chi connectivity index (χ1) is 6.59. The lowest BCUT2D eigenvalue weighted by Crippen LogP contribution is -1.85. The molecular formula is C9H4F3IS. The Labute approximate surface area is 95.9 Å². The highest BCUT2D eigenvalue weighted by molar-refractivity contribution is 14.1. The maximum Gasteiger partial charge on any atom is 0.265 e. The first-order valence-corrected chi connectivity index (χ1v) is 5.69. The van der Waals surface area contributed by atoms with E-state index in [0.717, 1.165) is 14.9 Å². The fourth-order valence-electron chi connectivity index (χ4n) is 1.27. The third-order valence-corrected chi connectivity index (χ3v) is 3.43. The summed E-state index contributed by atoms with van der Waals surface area (Å²) in [4.78, 5) is 0. The summed E-state index contributed by atoms with van der Waals surface area (Å²) < 4.78 is 39.6. The van der Waals surface area contributed by atoms with Gasteiger partial charge in [0, 0.05) is 24.6 Å². The van der Waals surface area contributed by atoms with E-state index in [9.17, 15) is 13.2 Å². The van der Waals surface area contributed by atoms with Gasteiger partial charge in [0.2, 0.25) is 0 Å². The van der Waals surface area contributed by atoms with E-state index in [0.29, 0.717) is 4.70 Å². The first kappa shape index (κ1) is 10.2. The largest absolute Gasteiger partial charge is 0.265 e. The van der Waals surface area contributed by atoms with Crippen LogP contribution < -0.4 is 0 Å². The quantitative estimate of drug-likeness (QED) is 0.672. The monoisotopic (exact) mass is 328 g/mol. The Balaban J connectivity index is 2.79. The fourth-order valence-corrected chi connectivity index (χ4v) is 3.07. The maximum absolute atomic E-state index is 13.4. The Morgan fingerprint density at radius 3 is 2.64 bits per heavy atom. The standard InChI is InChI=1S/C9H4F3IS/c10-6-1-4(13)2-7-8(6)5(3-14-7)9(11)12/h1-3,9H. The molecule has 0 aliphatic carbocycles. The zero-order valence-electron chi connectivity index (χ0n) is 6.73. The van der Waals surface area contributed by atoms with E-state index in [1.54, 1.807) is 6.07 Å². The van der Waals surface area contributed by atoms with E-state index in [1.165, 1.54) is 11.4 Å². The summed E-state index contributed by atoms with van der Waals surface area (Å²) in [6.07, 6.45) is -2.61. The molecule has 1 aromatic carbocycles. The Kier molecular flexibility index (Phi) is 2.70. The maximum atomic E-state index is 13.4. The van der Waals surface area contributed by atoms with Crippen molar-refractivity contribution in [3.63, 3.8) is 0 Å². The van der Waals surface area contributed by atoms with E-state index >= 15 is 0 Å². The van der Waals surface area contributed by atoms with Crippen LogP contribution in [0.3, 0.4) is 0 Å². The molecule has 0 aliphatic rings. The zero-order chi connectivity index (χ0) is 10.3. The number of benzene rings is 1. The molecule has 0 bridgehead atoms. The van der Waals surface area contributed by atoms with Gasteiger partial charge in [-0.05, 0) is 34.7 Å². The summed E-state index contributed by atoms with van der Waals surface area (Å²) in [5.41, 5.74) is -0.209. The van der Waals surface area contributed by atoms with Gasteiger partial charge in [-0.3, -0.25) is 0 Å². The van der Waals surface area contributed by atoms with Crippen LogP contribution in [0, 0.1) is 9.39 Å². The molecule has 74 valence electrons. The molecule has 0 unspecified atom stereocenters. The Morgan fingerprint density at radius 1 is 1.29 bits per heavy atom. The molecule has 0 saturated heterocycles. The lowest BCUT2D eigenvalue weighted by molar-refractivity contribution is 0.153. The molecule has 1 aromatic heterocycles. The van der Waals surface area contributed by atoms with Crippen molar-refractivity contribution in [3.8, 4) is 0 Å². The van der Waals surface area contributed by atoms with Crippen LogP contribution >= 0.6 is 33.9 Å². The third-order valence-electron chi connectivity index (χ3n) is 1.86. The van der Waals surface area contributed by atoms with Crippen molar-refractivity contribution in [1.82, 2.24) is 0 Å². The van der Waals surface area contributed by atoms with E-state index in [2.05, 4.69) is 0 Å². The first-order valence-electron chi connectivity index (χ1n) is 3.74. The molecule has 5 heteroatoms. The summed E-state index contributed by atoms with van der Waals surface area (Å²) in [5, 5.41) is 1.37. The molecule has 2 aromatic rings. The van der Waals surface area contributed by atoms with Crippen molar-refractivity contribution >= 4 is 44.0 Å². The second-order valence-electron chi connectivity index (χ2n) is 2.75. The Morgan fingerprint density at radius 2 is 2.00 bits per heavy atom. The topological polar surface area (TPSA) is 0 Å². The second kappa shape index (κ2) is 3.69. The molecule has 0 amide bonds. The number of hydrogen-bond acceptors (Lipinski definition) is 1. The number of alkyl halides is 2. The summed E-state index contributed by atoms with van der Waals surface area (Å²) in [5.74, 6) is -0.566. The van der Waals surface area contributed by atoms with Gasteiger partial charge in [0.25, 0.3) is 6.43 Å². The van der Waals surface area contributed by atoms with Gasteiger partial charge in [-0.25, -0.2) is 13.2 Å². The summed E-state index contributed by atoms with van der Waals surface area (Å²) in [6.45, 7) is 0. The molecule has 2 rings (SSSR count). The van der Waals surface area contributed by atoms with Gasteiger partial charge in [0.1, 0.15) is 5.82 Å². The summed E-state index contributed by atoms with van der Waals surface area (Å²) >= 11 is 3.11. The smallest absolute Gasteiger partial charge is 0.206 e. The average Bonchev–Trinajstić information content (AvgIpc) is 2.47. The van der Waals surface area contributed by atoms with Crippen molar-refractivity contribution in [2.75, 3.05) is 0 Å². The second-order valence-corrected chi connectivity index (χ2v) is 4.91. The van der Waals surface area contributed by atoms with E-state index in [4.69, 9.17) is 0 Å². The third kappa shape index (κ3) is 1.63. The predicted octanol–water partition coefficient (Wildman–Crippen LogP) is 4.58. The van der Waals surface area contributed by atoms with Gasteiger partial charge in [0.15, 0.2) is 0 Å². The van der Waals surface area contributed by atoms with Gasteiger partial charge in [-0.1, -0.05) is 0 Å². The average molecular weight is 328 g/mol. The molecule has 0 atom stereocenters. The van der Waals surface area contributed by atoms with Crippen LogP contribution in [0.1, 0.15) is 12.0 Å². The number of hydrogen-bond donors (Lipinski definition) is 0. The lowest BCUT2D eigenvalue weighted by Gasteiger charge is -1.99. The lowest BCUT2D eigenvalue weighted by atomic mass is 10.2. The summed E-state index contributed by atoms with van der Waals surface area (Å²) in [6, 6.07) is 2.97. The van der Waals surface area contributed by atoms with Crippen LogP contribution in [0.5, 0.6) is 0 Å². The van der Waals surface area contributed by atoms with Gasteiger partial charge < -0.3 is 0 Å². The molecule has 0 aliphatic heterocycles. The van der Waals surface area contributed by atoms with Crippen molar-refractivity contribution in [2.45, 2.75) is 6.43 Å². The molecule has 14 heavy (non-hydrogen) atoms. The highest BCUT2D eigenvalue weighted by Crippen LogP contribution is 2.35. The molecule has 0 saturated carbocycles. The van der Waals surface area contributed by atoms with Crippen molar-refractivity contribution in [1.29, 1.82) is 0 Å². The van der Waals surface area contributed by atoms with Crippen LogP contribution in [-0.2, 0) is 0 Å². The number of halogens is 4. The molecule has 0 nitrogen and oxygen atoms in total. The van der Waals surface area contributed by atoms with Crippen molar-refractivity contribution < 1.29 is 13.2 Å². The number of fused-ring (bicyclic) bond motifs is 1. The fraction of sp³-hybridized carbons (Fsp3) is 0.111. The zero-order valence-corrected chi connectivity index (χ0v) is 9.70. The van der Waals surface area contributed by atoms with Crippen LogP contribution in [0.2, 0.25) is 0 Å². The molecule has 0 spiro atoms. The van der Waals surface area contributed by atoms with Crippen molar-refractivity contribution in [3.05, 3.63) is 32.5 Å². The molecule has 0 radical (unpaired) electrons. The molecule has 1 heterocycles. The molecule has 0 fully saturated rings. The minimum Gasteiger partial charge on any atom is -0.206 e. The minimum absolute atomic E-state index is 0.0606. The van der Waals surface area contributed by atoms with E-state index in [-0.39, 0.29) is 10.9 Å². The van der Waals surface area contributed by atoms with E-state index in [1.807, 2.05) is 22.6 Å². The predicted molar refractivity (Wildman–Crippen MR) is 59.5 cm³/mol. The highest BCUT2D eigenvalue weighted by atomic mass is 127. The van der Waals surface area contributed by atoms with Gasteiger partial charge >= 0.3 is 0 Å². The van der Waals surface area contributed by atoms with Gasteiger partial charge in [-0.2, -0.15) is 0 Å². The van der Waals surface area contributed by atoms with Crippen LogP contribution in [-0.4, -0.2) is 0 Å². The SMILES string of the molecule is Fc1cc(I)cc2scc(C(F)F)c12. The normalized spacial score (nSPS) is 11.5. The van der Waals surface area contributed by atoms with Crippen LogP contribution in [0.4, 0.5) is 13.2 Å². The Hall–Kier alpha value is -0.300. The molecular weight excluding hydrogens is 324 g/mol. The Bertz CT molecular complexity index is 478. The number of thiophene rings is 1. The number of rotatable bonds is 1.